The molecule has 6 heteroatoms. The number of aliphatic hydroxyl groups excluding tert-OH is 2. The largest absolute Gasteiger partial charge is 0.396 e. The zero-order valence-electron chi connectivity index (χ0n) is 18.9. The minimum absolute atomic E-state index is 0.256. The van der Waals surface area contributed by atoms with Gasteiger partial charge in [0.05, 0.1) is 24.2 Å². The Balaban J connectivity index is 1.41. The first kappa shape index (κ1) is 21.2. The Bertz CT molecular complexity index is 850. The lowest BCUT2D eigenvalue weighted by molar-refractivity contribution is -0.0823. The van der Waals surface area contributed by atoms with Crippen LogP contribution in [0.15, 0.2) is 35.5 Å². The fourth-order valence-electron chi connectivity index (χ4n) is 7.40. The van der Waals surface area contributed by atoms with Gasteiger partial charge >= 0.3 is 0 Å². The Morgan fingerprint density at radius 3 is 2.90 bits per heavy atom. The molecule has 0 unspecified atom stereocenters. The molecular weight excluding hydrogens is 390 g/mol. The van der Waals surface area contributed by atoms with E-state index in [1.54, 1.807) is 6.20 Å². The minimum Gasteiger partial charge on any atom is -0.396 e. The highest BCUT2D eigenvalue weighted by Gasteiger charge is 2.60. The van der Waals surface area contributed by atoms with Crippen molar-refractivity contribution in [3.8, 4) is 0 Å². The second kappa shape index (κ2) is 8.04. The second-order valence-electron chi connectivity index (χ2n) is 10.9. The van der Waals surface area contributed by atoms with Crippen LogP contribution in [-0.4, -0.2) is 44.3 Å². The predicted molar refractivity (Wildman–Crippen MR) is 119 cm³/mol. The molecule has 0 saturated heterocycles. The summed E-state index contributed by atoms with van der Waals surface area (Å²) in [6, 6.07) is 0. The van der Waals surface area contributed by atoms with E-state index in [1.165, 1.54) is 31.3 Å². The number of hydrogen-bond acceptors (Lipinski definition) is 5. The normalized spacial score (nSPS) is 43.2. The van der Waals surface area contributed by atoms with Gasteiger partial charge in [-0.2, -0.15) is 0 Å². The Labute approximate surface area is 185 Å². The van der Waals surface area contributed by atoms with E-state index >= 15 is 0 Å². The van der Waals surface area contributed by atoms with Crippen LogP contribution in [0.2, 0.25) is 0 Å². The van der Waals surface area contributed by atoms with Crippen LogP contribution in [0.25, 0.3) is 0 Å². The van der Waals surface area contributed by atoms with Crippen LogP contribution in [0, 0.1) is 28.6 Å². The van der Waals surface area contributed by atoms with E-state index in [2.05, 4.69) is 29.5 Å². The smallest absolute Gasteiger partial charge is 0.118 e. The van der Waals surface area contributed by atoms with Crippen LogP contribution in [0.3, 0.4) is 0 Å². The molecule has 1 heterocycles. The molecular formula is C25H37N3O3. The van der Waals surface area contributed by atoms with Crippen LogP contribution >= 0.6 is 0 Å². The Morgan fingerprint density at radius 2 is 2.10 bits per heavy atom. The van der Waals surface area contributed by atoms with E-state index in [9.17, 15) is 10.2 Å². The molecule has 5 rings (SSSR count). The summed E-state index contributed by atoms with van der Waals surface area (Å²) >= 11 is 0. The summed E-state index contributed by atoms with van der Waals surface area (Å²) in [6.07, 6.45) is 15.0. The highest BCUT2D eigenvalue weighted by Crippen LogP contribution is 2.64. The number of oxime groups is 1. The minimum atomic E-state index is -0.488. The van der Waals surface area contributed by atoms with Crippen molar-refractivity contribution in [1.29, 1.82) is 0 Å². The first-order valence-corrected chi connectivity index (χ1v) is 12.1. The molecule has 3 saturated carbocycles. The maximum absolute atomic E-state index is 11.1. The van der Waals surface area contributed by atoms with Gasteiger partial charge in [-0.05, 0) is 55.4 Å². The molecule has 4 aliphatic carbocycles. The third-order valence-corrected chi connectivity index (χ3v) is 9.20. The molecule has 7 atom stereocenters. The molecule has 170 valence electrons. The number of fused-ring (bicyclic) bond motifs is 5. The lowest BCUT2D eigenvalue weighted by atomic mass is 9.47. The number of rotatable bonds is 5. The number of aliphatic hydroxyl groups is 2. The molecule has 1 aromatic heterocycles. The molecule has 0 aromatic carbocycles. The zero-order chi connectivity index (χ0) is 21.6. The molecule has 0 bridgehead atoms. The third kappa shape index (κ3) is 3.56. The number of allylic oxidation sites excluding steroid dienone is 1. The van der Waals surface area contributed by atoms with Gasteiger partial charge in [0.2, 0.25) is 0 Å². The highest BCUT2D eigenvalue weighted by atomic mass is 16.6. The van der Waals surface area contributed by atoms with Crippen LogP contribution in [0.4, 0.5) is 0 Å². The second-order valence-corrected chi connectivity index (χ2v) is 10.9. The number of imidazole rings is 1. The Kier molecular flexibility index (Phi) is 5.50. The van der Waals surface area contributed by atoms with Crippen LogP contribution in [0.1, 0.15) is 65.2 Å². The van der Waals surface area contributed by atoms with E-state index in [1.807, 2.05) is 12.5 Å². The van der Waals surface area contributed by atoms with Gasteiger partial charge in [0.1, 0.15) is 6.61 Å². The van der Waals surface area contributed by atoms with E-state index in [0.717, 1.165) is 25.1 Å². The summed E-state index contributed by atoms with van der Waals surface area (Å²) < 4.78 is 2.05. The topological polar surface area (TPSA) is 79.9 Å². The van der Waals surface area contributed by atoms with Gasteiger partial charge in [-0.3, -0.25) is 0 Å². The molecule has 2 N–H and O–H groups in total. The molecule has 0 radical (unpaired) electrons. The van der Waals surface area contributed by atoms with Gasteiger partial charge in [0, 0.05) is 43.1 Å². The average molecular weight is 428 g/mol. The summed E-state index contributed by atoms with van der Waals surface area (Å²) in [5, 5.41) is 26.2. The van der Waals surface area contributed by atoms with Crippen molar-refractivity contribution >= 4 is 5.71 Å². The van der Waals surface area contributed by atoms with Gasteiger partial charge < -0.3 is 19.6 Å². The van der Waals surface area contributed by atoms with Crippen molar-refractivity contribution < 1.29 is 15.1 Å². The van der Waals surface area contributed by atoms with Gasteiger partial charge in [-0.1, -0.05) is 31.0 Å². The van der Waals surface area contributed by atoms with Crippen LogP contribution in [-0.2, 0) is 11.4 Å². The number of aryl methyl sites for hydroxylation is 1. The molecule has 1 aromatic rings. The summed E-state index contributed by atoms with van der Waals surface area (Å²) in [4.78, 5) is 9.93. The molecule has 4 aliphatic rings. The fraction of sp³-hybridized carbons (Fsp3) is 0.760. The molecule has 0 spiro atoms. The number of hydrogen-bond donors (Lipinski definition) is 2. The van der Waals surface area contributed by atoms with Crippen LogP contribution in [0.5, 0.6) is 0 Å². The number of aromatic nitrogens is 2. The van der Waals surface area contributed by atoms with Gasteiger partial charge in [-0.15, -0.1) is 0 Å². The molecule has 3 fully saturated rings. The number of nitrogens with zero attached hydrogens (tertiary/aromatic N) is 3. The zero-order valence-corrected chi connectivity index (χ0v) is 18.9. The fourth-order valence-corrected chi connectivity index (χ4v) is 7.40. The monoisotopic (exact) mass is 427 g/mol. The molecule has 0 aliphatic heterocycles. The van der Waals surface area contributed by atoms with E-state index in [-0.39, 0.29) is 5.41 Å². The quantitative estimate of drug-likeness (QED) is 0.551. The van der Waals surface area contributed by atoms with Crippen molar-refractivity contribution in [3.05, 3.63) is 30.4 Å². The SMILES string of the molecule is C[C@@]12CCC[C@H]1[C@@H]1C(=NOCCCn3ccnc3)C=C3C[C@@H](O)C[C@@H](O)[C@]3(C)[C@H]1CC2. The van der Waals surface area contributed by atoms with E-state index < -0.39 is 12.2 Å². The van der Waals surface area contributed by atoms with Gasteiger partial charge in [0.15, 0.2) is 0 Å². The Morgan fingerprint density at radius 1 is 1.23 bits per heavy atom. The lowest BCUT2D eigenvalue weighted by Gasteiger charge is -2.58. The van der Waals surface area contributed by atoms with Crippen molar-refractivity contribution in [2.75, 3.05) is 6.61 Å². The molecule has 0 amide bonds. The maximum atomic E-state index is 11.1. The van der Waals surface area contributed by atoms with Crippen molar-refractivity contribution in [2.45, 2.75) is 84.0 Å². The standard InChI is InChI=1S/C25H37N3O3/c1-24-7-3-5-19(24)23-20(6-8-24)25(2)17(13-18(29)15-22(25)30)14-21(23)27-31-12-4-10-28-11-9-26-16-28/h9,11,14,16,18-20,22-23,29-30H,3-8,10,12-13,15H2,1-2H3/t18-,19+,20+,22-,23+,24+,25+/m1/s1. The van der Waals surface area contributed by atoms with Crippen LogP contribution < -0.4 is 0 Å². The van der Waals surface area contributed by atoms with Crippen molar-refractivity contribution in [2.24, 2.45) is 33.7 Å². The van der Waals surface area contributed by atoms with Crippen molar-refractivity contribution in [1.82, 2.24) is 9.55 Å². The summed E-state index contributed by atoms with van der Waals surface area (Å²) in [7, 11) is 0. The summed E-state index contributed by atoms with van der Waals surface area (Å²) in [5.74, 6) is 1.32. The third-order valence-electron chi connectivity index (χ3n) is 9.20. The van der Waals surface area contributed by atoms with E-state index in [0.29, 0.717) is 42.6 Å². The molecule has 31 heavy (non-hydrogen) atoms. The van der Waals surface area contributed by atoms with Gasteiger partial charge in [-0.25, -0.2) is 4.98 Å². The summed E-state index contributed by atoms with van der Waals surface area (Å²) in [5.41, 5.74) is 2.35. The van der Waals surface area contributed by atoms with E-state index in [4.69, 9.17) is 9.99 Å². The van der Waals surface area contributed by atoms with Crippen molar-refractivity contribution in [3.63, 3.8) is 0 Å². The highest BCUT2D eigenvalue weighted by molar-refractivity contribution is 5.99. The average Bonchev–Trinajstić information content (AvgIpc) is 3.38. The molecule has 6 nitrogen and oxygen atoms in total. The first-order chi connectivity index (χ1) is 14.9. The lowest BCUT2D eigenvalue weighted by Crippen LogP contribution is -2.57. The summed E-state index contributed by atoms with van der Waals surface area (Å²) in [6.45, 7) is 6.16. The Hall–Kier alpha value is -1.66. The first-order valence-electron chi connectivity index (χ1n) is 12.1. The maximum Gasteiger partial charge on any atom is 0.118 e. The predicted octanol–water partition coefficient (Wildman–Crippen LogP) is 3.94. The van der Waals surface area contributed by atoms with Gasteiger partial charge in [0.25, 0.3) is 0 Å².